The van der Waals surface area contributed by atoms with Gasteiger partial charge in [0.05, 0.1) is 5.56 Å². The van der Waals surface area contributed by atoms with Crippen LogP contribution in [0.15, 0.2) is 36.4 Å². The van der Waals surface area contributed by atoms with Crippen molar-refractivity contribution in [3.63, 3.8) is 0 Å². The largest absolute Gasteiger partial charge is 0.482 e. The van der Waals surface area contributed by atoms with E-state index in [-0.39, 0.29) is 12.5 Å². The molecule has 18 heavy (non-hydrogen) atoms. The maximum absolute atomic E-state index is 11.4. The number of hydrogen-bond acceptors (Lipinski definition) is 3. The van der Waals surface area contributed by atoms with Crippen molar-refractivity contribution in [2.75, 3.05) is 13.2 Å². The van der Waals surface area contributed by atoms with E-state index in [2.05, 4.69) is 5.32 Å². The van der Waals surface area contributed by atoms with E-state index in [9.17, 15) is 4.79 Å². The zero-order valence-corrected chi connectivity index (χ0v) is 10.3. The summed E-state index contributed by atoms with van der Waals surface area (Å²) >= 11 is 0. The number of para-hydroxylation sites is 1. The quantitative estimate of drug-likeness (QED) is 0.615. The molecule has 0 radical (unpaired) electrons. The molecule has 0 aliphatic heterocycles. The van der Waals surface area contributed by atoms with Crippen LogP contribution in [0.4, 0.5) is 0 Å². The van der Waals surface area contributed by atoms with Crippen molar-refractivity contribution in [1.29, 1.82) is 5.26 Å². The van der Waals surface area contributed by atoms with Gasteiger partial charge in [0.25, 0.3) is 5.91 Å². The maximum Gasteiger partial charge on any atom is 0.257 e. The Balaban J connectivity index is 2.36. The molecule has 0 saturated heterocycles. The predicted octanol–water partition coefficient (Wildman–Crippen LogP) is 2.02. The number of allylic oxidation sites excluding steroid dienone is 1. The Bertz CT molecular complexity index is 461. The molecule has 0 spiro atoms. The van der Waals surface area contributed by atoms with Crippen LogP contribution in [0, 0.1) is 11.3 Å². The van der Waals surface area contributed by atoms with Crippen molar-refractivity contribution in [3.05, 3.63) is 42.0 Å². The summed E-state index contributed by atoms with van der Waals surface area (Å²) in [4.78, 5) is 11.4. The lowest BCUT2D eigenvalue weighted by atomic mass is 10.2. The van der Waals surface area contributed by atoms with E-state index in [1.54, 1.807) is 24.3 Å². The Hall–Kier alpha value is -2.28. The van der Waals surface area contributed by atoms with Crippen LogP contribution in [-0.4, -0.2) is 19.1 Å². The Morgan fingerprint density at radius 1 is 1.50 bits per heavy atom. The molecule has 4 nitrogen and oxygen atoms in total. The fraction of sp³-hybridized carbons (Fsp3) is 0.286. The molecule has 0 fully saturated rings. The normalized spacial score (nSPS) is 10.0. The highest BCUT2D eigenvalue weighted by Crippen LogP contribution is 2.15. The molecule has 0 aromatic heterocycles. The Labute approximate surface area is 107 Å². The predicted molar refractivity (Wildman–Crippen MR) is 69.1 cm³/mol. The van der Waals surface area contributed by atoms with Gasteiger partial charge in [0, 0.05) is 6.54 Å². The van der Waals surface area contributed by atoms with E-state index in [1.165, 1.54) is 0 Å². The number of nitrogens with one attached hydrogen (secondary N) is 1. The molecule has 1 aromatic rings. The van der Waals surface area contributed by atoms with Gasteiger partial charge in [-0.15, -0.1) is 0 Å². The summed E-state index contributed by atoms with van der Waals surface area (Å²) in [6.07, 6.45) is 4.72. The smallest absolute Gasteiger partial charge is 0.257 e. The number of amides is 1. The molecule has 0 unspecified atom stereocenters. The van der Waals surface area contributed by atoms with Crippen molar-refractivity contribution >= 4 is 5.91 Å². The lowest BCUT2D eigenvalue weighted by Gasteiger charge is -2.07. The van der Waals surface area contributed by atoms with Gasteiger partial charge in [0.2, 0.25) is 0 Å². The number of rotatable bonds is 6. The molecule has 0 saturated carbocycles. The van der Waals surface area contributed by atoms with Gasteiger partial charge in [0.15, 0.2) is 6.61 Å². The van der Waals surface area contributed by atoms with Gasteiger partial charge in [-0.25, -0.2) is 0 Å². The summed E-state index contributed by atoms with van der Waals surface area (Å²) in [6, 6.07) is 8.85. The molecule has 0 aliphatic carbocycles. The lowest BCUT2D eigenvalue weighted by Crippen LogP contribution is -2.29. The zero-order valence-electron chi connectivity index (χ0n) is 10.3. The van der Waals surface area contributed by atoms with Crippen LogP contribution in [0.1, 0.15) is 18.9 Å². The van der Waals surface area contributed by atoms with Crippen molar-refractivity contribution < 1.29 is 9.53 Å². The molecule has 0 bridgehead atoms. The van der Waals surface area contributed by atoms with Gasteiger partial charge in [0.1, 0.15) is 11.8 Å². The average Bonchev–Trinajstić information content (AvgIpc) is 2.41. The fourth-order valence-electron chi connectivity index (χ4n) is 1.34. The van der Waals surface area contributed by atoms with Crippen molar-refractivity contribution in [2.24, 2.45) is 0 Å². The van der Waals surface area contributed by atoms with Crippen LogP contribution < -0.4 is 10.1 Å². The molecule has 1 N–H and O–H groups in total. The van der Waals surface area contributed by atoms with Crippen LogP contribution in [-0.2, 0) is 4.79 Å². The summed E-state index contributed by atoms with van der Waals surface area (Å²) in [7, 11) is 0. The van der Waals surface area contributed by atoms with Crippen LogP contribution in [0.3, 0.4) is 0 Å². The highest BCUT2D eigenvalue weighted by molar-refractivity contribution is 5.77. The number of benzene rings is 1. The number of ether oxygens (including phenoxy) is 1. The second-order valence-electron chi connectivity index (χ2n) is 3.60. The summed E-state index contributed by atoms with van der Waals surface area (Å²) in [5.41, 5.74) is 0.430. The van der Waals surface area contributed by atoms with Gasteiger partial charge < -0.3 is 10.1 Å². The summed E-state index contributed by atoms with van der Waals surface area (Å²) < 4.78 is 5.29. The van der Waals surface area contributed by atoms with Crippen molar-refractivity contribution in [2.45, 2.75) is 13.3 Å². The van der Waals surface area contributed by atoms with E-state index < -0.39 is 0 Å². The first-order valence-electron chi connectivity index (χ1n) is 5.77. The zero-order chi connectivity index (χ0) is 13.2. The Morgan fingerprint density at radius 2 is 2.28 bits per heavy atom. The van der Waals surface area contributed by atoms with Crippen molar-refractivity contribution in [1.82, 2.24) is 5.32 Å². The van der Waals surface area contributed by atoms with E-state index in [1.807, 2.05) is 25.1 Å². The Kier molecular flexibility index (Phi) is 6.05. The van der Waals surface area contributed by atoms with Crippen LogP contribution in [0.25, 0.3) is 0 Å². The first kappa shape index (κ1) is 13.8. The highest BCUT2D eigenvalue weighted by atomic mass is 16.5. The molecule has 1 rings (SSSR count). The monoisotopic (exact) mass is 244 g/mol. The van der Waals surface area contributed by atoms with Gasteiger partial charge in [-0.05, 0) is 25.5 Å². The SMILES string of the molecule is C/C=C/CCNC(=O)COc1ccccc1C#N. The molecule has 4 heteroatoms. The van der Waals surface area contributed by atoms with E-state index in [0.29, 0.717) is 17.9 Å². The highest BCUT2D eigenvalue weighted by Gasteiger charge is 2.05. The summed E-state index contributed by atoms with van der Waals surface area (Å²) in [5.74, 6) is 0.246. The first-order valence-corrected chi connectivity index (χ1v) is 5.77. The fourth-order valence-corrected chi connectivity index (χ4v) is 1.34. The molecular weight excluding hydrogens is 228 g/mol. The Morgan fingerprint density at radius 3 is 3.00 bits per heavy atom. The molecule has 0 aliphatic rings. The second kappa shape index (κ2) is 7.91. The van der Waals surface area contributed by atoms with Crippen LogP contribution in [0.2, 0.25) is 0 Å². The second-order valence-corrected chi connectivity index (χ2v) is 3.60. The minimum atomic E-state index is -0.188. The third kappa shape index (κ3) is 4.71. The van der Waals surface area contributed by atoms with E-state index in [0.717, 1.165) is 6.42 Å². The van der Waals surface area contributed by atoms with Crippen molar-refractivity contribution in [3.8, 4) is 11.8 Å². The molecule has 1 aromatic carbocycles. The molecule has 94 valence electrons. The molecule has 1 amide bonds. The van der Waals surface area contributed by atoms with Gasteiger partial charge in [-0.1, -0.05) is 24.3 Å². The molecular formula is C14H16N2O2. The molecule has 0 atom stereocenters. The minimum absolute atomic E-state index is 0.0749. The van der Waals surface area contributed by atoms with E-state index in [4.69, 9.17) is 10.00 Å². The third-order valence-corrected chi connectivity index (χ3v) is 2.24. The molecule has 0 heterocycles. The summed E-state index contributed by atoms with van der Waals surface area (Å²) in [6.45, 7) is 2.45. The standard InChI is InChI=1S/C14H16N2O2/c1-2-3-6-9-16-14(17)11-18-13-8-5-4-7-12(13)10-15/h2-5,7-8H,6,9,11H2,1H3,(H,16,17)/b3-2+. The maximum atomic E-state index is 11.4. The first-order chi connectivity index (χ1) is 8.77. The number of hydrogen-bond donors (Lipinski definition) is 1. The van der Waals surface area contributed by atoms with Crippen LogP contribution in [0.5, 0.6) is 5.75 Å². The average molecular weight is 244 g/mol. The van der Waals surface area contributed by atoms with Crippen LogP contribution >= 0.6 is 0 Å². The topological polar surface area (TPSA) is 62.1 Å². The number of nitriles is 1. The lowest BCUT2D eigenvalue weighted by molar-refractivity contribution is -0.123. The number of carbonyl (C=O) groups excluding carboxylic acids is 1. The minimum Gasteiger partial charge on any atom is -0.482 e. The number of carbonyl (C=O) groups is 1. The third-order valence-electron chi connectivity index (χ3n) is 2.24. The number of nitrogens with zero attached hydrogens (tertiary/aromatic N) is 1. The van der Waals surface area contributed by atoms with Gasteiger partial charge >= 0.3 is 0 Å². The van der Waals surface area contributed by atoms with E-state index >= 15 is 0 Å². The van der Waals surface area contributed by atoms with Gasteiger partial charge in [-0.2, -0.15) is 5.26 Å². The summed E-state index contributed by atoms with van der Waals surface area (Å²) in [5, 5.41) is 11.6. The van der Waals surface area contributed by atoms with Gasteiger partial charge in [-0.3, -0.25) is 4.79 Å².